The second-order valence-electron chi connectivity index (χ2n) is 4.18. The van der Waals surface area contributed by atoms with Gasteiger partial charge in [0.2, 0.25) is 0 Å². The van der Waals surface area contributed by atoms with Crippen LogP contribution < -0.4 is 10.1 Å². The molecule has 0 fully saturated rings. The van der Waals surface area contributed by atoms with Crippen LogP contribution in [0, 0.1) is 0 Å². The molecule has 1 atom stereocenters. The van der Waals surface area contributed by atoms with Crippen LogP contribution in [0.4, 0.5) is 0 Å². The van der Waals surface area contributed by atoms with Gasteiger partial charge in [0.05, 0.1) is 18.8 Å². The Bertz CT molecular complexity index is 311. The monoisotopic (exact) mass is 239 g/mol. The summed E-state index contributed by atoms with van der Waals surface area (Å²) in [4.78, 5) is 0. The van der Waals surface area contributed by atoms with Gasteiger partial charge in [-0.05, 0) is 31.5 Å². The molecule has 17 heavy (non-hydrogen) atoms. The summed E-state index contributed by atoms with van der Waals surface area (Å²) in [6.07, 6.45) is -0.411. The number of ether oxygens (including phenoxy) is 1. The van der Waals surface area contributed by atoms with Gasteiger partial charge in [-0.1, -0.05) is 12.1 Å². The molecule has 1 rings (SSSR count). The SMILES string of the molecule is CC(C)Oc1ccc(C(O)CNCCO)cc1. The fraction of sp³-hybridized carbons (Fsp3) is 0.538. The fourth-order valence-electron chi connectivity index (χ4n) is 1.48. The first-order valence-electron chi connectivity index (χ1n) is 5.89. The maximum Gasteiger partial charge on any atom is 0.119 e. The molecule has 0 saturated carbocycles. The predicted octanol–water partition coefficient (Wildman–Crippen LogP) is 1.09. The van der Waals surface area contributed by atoms with Gasteiger partial charge in [0, 0.05) is 13.1 Å². The number of hydrogen-bond donors (Lipinski definition) is 3. The highest BCUT2D eigenvalue weighted by atomic mass is 16.5. The van der Waals surface area contributed by atoms with Crippen molar-refractivity contribution in [3.63, 3.8) is 0 Å². The van der Waals surface area contributed by atoms with Gasteiger partial charge in [-0.3, -0.25) is 0 Å². The van der Waals surface area contributed by atoms with Crippen molar-refractivity contribution >= 4 is 0 Å². The standard InChI is InChI=1S/C13H21NO3/c1-10(2)17-12-5-3-11(4-6-12)13(16)9-14-7-8-15/h3-6,10,13-16H,7-9H2,1-2H3. The summed E-state index contributed by atoms with van der Waals surface area (Å²) < 4.78 is 5.52. The molecule has 0 aromatic heterocycles. The summed E-state index contributed by atoms with van der Waals surface area (Å²) >= 11 is 0. The summed E-state index contributed by atoms with van der Waals surface area (Å²) in [5.41, 5.74) is 0.839. The van der Waals surface area contributed by atoms with Crippen LogP contribution in [0.1, 0.15) is 25.5 Å². The minimum atomic E-state index is -0.561. The van der Waals surface area contributed by atoms with Crippen LogP contribution in [0.3, 0.4) is 0 Å². The van der Waals surface area contributed by atoms with Gasteiger partial charge in [-0.2, -0.15) is 0 Å². The highest BCUT2D eigenvalue weighted by molar-refractivity contribution is 5.28. The van der Waals surface area contributed by atoms with Gasteiger partial charge in [0.25, 0.3) is 0 Å². The maximum absolute atomic E-state index is 9.83. The third kappa shape index (κ3) is 5.17. The average molecular weight is 239 g/mol. The Labute approximate surface area is 102 Å². The highest BCUT2D eigenvalue weighted by Gasteiger charge is 2.07. The summed E-state index contributed by atoms with van der Waals surface area (Å²) in [5.74, 6) is 0.805. The Morgan fingerprint density at radius 2 is 1.88 bits per heavy atom. The van der Waals surface area contributed by atoms with Crippen LogP contribution in [-0.2, 0) is 0 Å². The first kappa shape index (κ1) is 14.0. The Morgan fingerprint density at radius 3 is 2.41 bits per heavy atom. The van der Waals surface area contributed by atoms with E-state index in [4.69, 9.17) is 9.84 Å². The molecular formula is C13H21NO3. The van der Waals surface area contributed by atoms with Crippen molar-refractivity contribution in [3.05, 3.63) is 29.8 Å². The van der Waals surface area contributed by atoms with Gasteiger partial charge < -0.3 is 20.3 Å². The minimum Gasteiger partial charge on any atom is -0.491 e. The third-order valence-corrected chi connectivity index (χ3v) is 2.26. The third-order valence-electron chi connectivity index (χ3n) is 2.26. The number of benzene rings is 1. The molecule has 0 heterocycles. The lowest BCUT2D eigenvalue weighted by Crippen LogP contribution is -2.24. The molecule has 0 amide bonds. The Kier molecular flexibility index (Phi) is 5.97. The first-order valence-corrected chi connectivity index (χ1v) is 5.89. The number of aliphatic hydroxyl groups is 2. The average Bonchev–Trinajstić information content (AvgIpc) is 2.29. The highest BCUT2D eigenvalue weighted by Crippen LogP contribution is 2.18. The largest absolute Gasteiger partial charge is 0.491 e. The fourth-order valence-corrected chi connectivity index (χ4v) is 1.48. The number of aliphatic hydroxyl groups excluding tert-OH is 2. The van der Waals surface area contributed by atoms with Crippen molar-refractivity contribution in [1.82, 2.24) is 5.32 Å². The zero-order valence-corrected chi connectivity index (χ0v) is 10.4. The molecule has 0 aliphatic rings. The maximum atomic E-state index is 9.83. The lowest BCUT2D eigenvalue weighted by Gasteiger charge is -2.13. The normalized spacial score (nSPS) is 12.8. The van der Waals surface area contributed by atoms with Crippen molar-refractivity contribution in [2.75, 3.05) is 19.7 Å². The van der Waals surface area contributed by atoms with E-state index in [2.05, 4.69) is 5.32 Å². The smallest absolute Gasteiger partial charge is 0.119 e. The van der Waals surface area contributed by atoms with E-state index in [1.165, 1.54) is 0 Å². The van der Waals surface area contributed by atoms with Gasteiger partial charge in [0.1, 0.15) is 5.75 Å². The van der Waals surface area contributed by atoms with E-state index in [1.54, 1.807) is 0 Å². The molecule has 0 spiro atoms. The van der Waals surface area contributed by atoms with E-state index in [1.807, 2.05) is 38.1 Å². The van der Waals surface area contributed by atoms with Crippen molar-refractivity contribution in [2.24, 2.45) is 0 Å². The van der Waals surface area contributed by atoms with Gasteiger partial charge in [-0.25, -0.2) is 0 Å². The molecule has 0 aliphatic carbocycles. The summed E-state index contributed by atoms with van der Waals surface area (Å²) in [7, 11) is 0. The molecule has 0 radical (unpaired) electrons. The van der Waals surface area contributed by atoms with Crippen molar-refractivity contribution in [2.45, 2.75) is 26.1 Å². The van der Waals surface area contributed by atoms with E-state index in [0.717, 1.165) is 11.3 Å². The molecule has 4 nitrogen and oxygen atoms in total. The summed E-state index contributed by atoms with van der Waals surface area (Å²) in [6.45, 7) is 4.95. The van der Waals surface area contributed by atoms with Crippen LogP contribution >= 0.6 is 0 Å². The van der Waals surface area contributed by atoms with Crippen molar-refractivity contribution in [1.29, 1.82) is 0 Å². The molecule has 0 aliphatic heterocycles. The molecule has 4 heteroatoms. The quantitative estimate of drug-likeness (QED) is 0.623. The molecule has 0 bridgehead atoms. The van der Waals surface area contributed by atoms with Crippen molar-refractivity contribution < 1.29 is 14.9 Å². The zero-order valence-electron chi connectivity index (χ0n) is 10.4. The Morgan fingerprint density at radius 1 is 1.24 bits per heavy atom. The molecule has 96 valence electrons. The van der Waals surface area contributed by atoms with Crippen LogP contribution in [0.5, 0.6) is 5.75 Å². The number of hydrogen-bond acceptors (Lipinski definition) is 4. The Balaban J connectivity index is 2.48. The Hall–Kier alpha value is -1.10. The predicted molar refractivity (Wildman–Crippen MR) is 67.1 cm³/mol. The summed E-state index contributed by atoms with van der Waals surface area (Å²) in [6, 6.07) is 7.40. The molecule has 1 aromatic carbocycles. The zero-order chi connectivity index (χ0) is 12.7. The van der Waals surface area contributed by atoms with Gasteiger partial charge in [-0.15, -0.1) is 0 Å². The molecule has 0 saturated heterocycles. The van der Waals surface area contributed by atoms with Crippen molar-refractivity contribution in [3.8, 4) is 5.75 Å². The molecule has 3 N–H and O–H groups in total. The molecule has 1 unspecified atom stereocenters. The van der Waals surface area contributed by atoms with E-state index in [-0.39, 0.29) is 12.7 Å². The number of rotatable bonds is 7. The van der Waals surface area contributed by atoms with Crippen LogP contribution in [0.15, 0.2) is 24.3 Å². The first-order chi connectivity index (χ1) is 8.13. The van der Waals surface area contributed by atoms with E-state index in [9.17, 15) is 5.11 Å². The lowest BCUT2D eigenvalue weighted by atomic mass is 10.1. The molecule has 1 aromatic rings. The second kappa shape index (κ2) is 7.27. The lowest BCUT2D eigenvalue weighted by molar-refractivity contribution is 0.170. The topological polar surface area (TPSA) is 61.7 Å². The minimum absolute atomic E-state index is 0.0773. The molecular weight excluding hydrogens is 218 g/mol. The summed E-state index contributed by atoms with van der Waals surface area (Å²) in [5, 5.41) is 21.4. The van der Waals surface area contributed by atoms with E-state index >= 15 is 0 Å². The van der Waals surface area contributed by atoms with E-state index < -0.39 is 6.10 Å². The number of nitrogens with one attached hydrogen (secondary N) is 1. The van der Waals surface area contributed by atoms with E-state index in [0.29, 0.717) is 13.1 Å². The van der Waals surface area contributed by atoms with Crippen LogP contribution in [0.25, 0.3) is 0 Å². The van der Waals surface area contributed by atoms with Crippen LogP contribution in [0.2, 0.25) is 0 Å². The second-order valence-corrected chi connectivity index (χ2v) is 4.18. The van der Waals surface area contributed by atoms with Gasteiger partial charge >= 0.3 is 0 Å². The van der Waals surface area contributed by atoms with Crippen LogP contribution in [-0.4, -0.2) is 36.0 Å². The van der Waals surface area contributed by atoms with Gasteiger partial charge in [0.15, 0.2) is 0 Å².